The van der Waals surface area contributed by atoms with Crippen molar-refractivity contribution in [3.63, 3.8) is 0 Å². The molecule has 1 rings (SSSR count). The van der Waals surface area contributed by atoms with Gasteiger partial charge in [-0.3, -0.25) is 20.2 Å². The molecule has 10 heteroatoms. The molecule has 0 aromatic heterocycles. The summed E-state index contributed by atoms with van der Waals surface area (Å²) < 4.78 is 19.3. The van der Waals surface area contributed by atoms with E-state index in [1.165, 1.54) is 0 Å². The summed E-state index contributed by atoms with van der Waals surface area (Å²) in [6, 6.07) is 2.45. The van der Waals surface area contributed by atoms with Gasteiger partial charge in [-0.15, -0.1) is 0 Å². The van der Waals surface area contributed by atoms with Crippen LogP contribution in [0.25, 0.3) is 0 Å². The normalized spacial score (nSPS) is 11.3. The largest absolute Gasteiger partial charge is 1.00 e. The topological polar surface area (TPSA) is 124 Å². The molecule has 1 atom stereocenters. The number of non-ortho nitro benzene ring substituents is 1. The minimum absolute atomic E-state index is 0. The second kappa shape index (κ2) is 6.01. The quantitative estimate of drug-likeness (QED) is 0.291. The van der Waals surface area contributed by atoms with Crippen molar-refractivity contribution >= 4 is 22.5 Å². The maximum atomic E-state index is 10.6. The maximum Gasteiger partial charge on any atom is 1.00 e. The molecule has 1 aromatic carbocycles. The van der Waals surface area contributed by atoms with Crippen molar-refractivity contribution in [2.24, 2.45) is 0 Å². The van der Waals surface area contributed by atoms with Crippen LogP contribution in [0.3, 0.4) is 0 Å². The third kappa shape index (κ3) is 3.32. The Morgan fingerprint density at radius 1 is 1.19 bits per heavy atom. The van der Waals surface area contributed by atoms with Crippen LogP contribution in [-0.2, 0) is 11.1 Å². The van der Waals surface area contributed by atoms with Crippen LogP contribution in [0.1, 0.15) is 0 Å². The molecule has 0 spiro atoms. The Kier molecular flexibility index (Phi) is 5.68. The van der Waals surface area contributed by atoms with E-state index in [1.54, 1.807) is 0 Å². The molecule has 16 heavy (non-hydrogen) atoms. The number of hydrogen-bond donors (Lipinski definition) is 1. The molecule has 0 aliphatic rings. The van der Waals surface area contributed by atoms with Crippen molar-refractivity contribution in [1.82, 2.24) is 0 Å². The molecule has 1 aromatic rings. The number of nitrogens with zero attached hydrogens (tertiary/aromatic N) is 2. The summed E-state index contributed by atoms with van der Waals surface area (Å²) in [5.41, 5.74) is -1.25. The number of nitro groups is 2. The third-order valence-corrected chi connectivity index (χ3v) is 2.26. The molecule has 0 heterocycles. The summed E-state index contributed by atoms with van der Waals surface area (Å²) in [6.45, 7) is 0. The summed E-state index contributed by atoms with van der Waals surface area (Å²) in [5, 5.41) is 20.7. The number of rotatable bonds is 3. The van der Waals surface area contributed by atoms with Crippen LogP contribution in [0.15, 0.2) is 23.1 Å². The molecule has 0 saturated heterocycles. The molecule has 0 bridgehead atoms. The first-order chi connectivity index (χ1) is 6.93. The van der Waals surface area contributed by atoms with Crippen molar-refractivity contribution in [3.05, 3.63) is 38.4 Å². The van der Waals surface area contributed by atoms with Gasteiger partial charge in [-0.25, -0.2) is 4.21 Å². The van der Waals surface area contributed by atoms with Crippen molar-refractivity contribution < 1.29 is 48.2 Å². The van der Waals surface area contributed by atoms with Gasteiger partial charge >= 0.3 is 29.6 Å². The van der Waals surface area contributed by atoms with E-state index in [0.29, 0.717) is 6.07 Å². The first-order valence-corrected chi connectivity index (χ1v) is 4.58. The monoisotopic (exact) mass is 255 g/mol. The molecule has 1 N–H and O–H groups in total. The minimum atomic E-state index is -2.55. The predicted octanol–water partition coefficient (Wildman–Crippen LogP) is -1.91. The molecule has 0 aliphatic carbocycles. The van der Waals surface area contributed by atoms with E-state index >= 15 is 0 Å². The van der Waals surface area contributed by atoms with Gasteiger partial charge in [-0.1, -0.05) is 0 Å². The molecule has 0 radical (unpaired) electrons. The first-order valence-electron chi connectivity index (χ1n) is 3.47. The van der Waals surface area contributed by atoms with Crippen molar-refractivity contribution in [2.45, 2.75) is 4.90 Å². The van der Waals surface area contributed by atoms with Gasteiger partial charge in [0.2, 0.25) is 0 Å². The predicted molar refractivity (Wildman–Crippen MR) is 48.8 cm³/mol. The van der Waals surface area contributed by atoms with Gasteiger partial charge in [0.1, 0.15) is 4.90 Å². The van der Waals surface area contributed by atoms with Gasteiger partial charge in [0.15, 0.2) is 11.1 Å². The van der Waals surface area contributed by atoms with Crippen LogP contribution in [0.5, 0.6) is 0 Å². The summed E-state index contributed by atoms with van der Waals surface area (Å²) in [7, 11) is 0. The summed E-state index contributed by atoms with van der Waals surface area (Å²) in [5.74, 6) is 0. The van der Waals surface area contributed by atoms with E-state index < -0.39 is 37.2 Å². The Bertz CT molecular complexity index is 464. The molecule has 0 fully saturated rings. The SMILES string of the molecule is O=[N+]([O-])c1ccc(S(=O)O)c([N+](=O)[O-])c1.[Na+]. The van der Waals surface area contributed by atoms with Crippen LogP contribution in [0.2, 0.25) is 0 Å². The summed E-state index contributed by atoms with van der Waals surface area (Å²) >= 11 is -2.55. The molecular weight excluding hydrogens is 251 g/mol. The molecule has 80 valence electrons. The fraction of sp³-hybridized carbons (Fsp3) is 0. The number of benzene rings is 1. The summed E-state index contributed by atoms with van der Waals surface area (Å²) in [4.78, 5) is 18.5. The average Bonchev–Trinajstić information content (AvgIpc) is 2.16. The van der Waals surface area contributed by atoms with Crippen LogP contribution in [0, 0.1) is 20.2 Å². The third-order valence-electron chi connectivity index (χ3n) is 1.54. The van der Waals surface area contributed by atoms with E-state index in [2.05, 4.69) is 0 Å². The van der Waals surface area contributed by atoms with E-state index in [4.69, 9.17) is 4.55 Å². The first kappa shape index (κ1) is 15.1. The fourth-order valence-electron chi connectivity index (χ4n) is 0.910. The zero-order valence-corrected chi connectivity index (χ0v) is 10.8. The zero-order valence-electron chi connectivity index (χ0n) is 8.02. The molecule has 0 saturated carbocycles. The molecule has 0 aliphatic heterocycles. The Balaban J connectivity index is 0.00000225. The van der Waals surface area contributed by atoms with Gasteiger partial charge in [0.05, 0.1) is 15.9 Å². The van der Waals surface area contributed by atoms with Gasteiger partial charge in [-0.2, -0.15) is 0 Å². The zero-order chi connectivity index (χ0) is 11.6. The fourth-order valence-corrected chi connectivity index (χ4v) is 1.41. The smallest absolute Gasteiger partial charge is 0.302 e. The molecule has 1 unspecified atom stereocenters. The molecule has 8 nitrogen and oxygen atoms in total. The standard InChI is InChI=1S/C6H4N2O6S.Na/c9-7(10)4-1-2-6(15(13)14)5(3-4)8(11)12;/h1-3H,(H,13,14);/q;+1. The van der Waals surface area contributed by atoms with Crippen LogP contribution in [0.4, 0.5) is 11.4 Å². The van der Waals surface area contributed by atoms with Crippen molar-refractivity contribution in [3.8, 4) is 0 Å². The molecular formula is C6H4N2NaO6S+. The van der Waals surface area contributed by atoms with Gasteiger partial charge < -0.3 is 4.55 Å². The van der Waals surface area contributed by atoms with Crippen LogP contribution < -0.4 is 29.6 Å². The number of hydrogen-bond acceptors (Lipinski definition) is 5. The Morgan fingerprint density at radius 2 is 1.75 bits per heavy atom. The van der Waals surface area contributed by atoms with E-state index in [9.17, 15) is 24.4 Å². The second-order valence-corrected chi connectivity index (χ2v) is 3.35. The van der Waals surface area contributed by atoms with Gasteiger partial charge in [-0.05, 0) is 6.07 Å². The Hall–Kier alpha value is -0.870. The van der Waals surface area contributed by atoms with Crippen molar-refractivity contribution in [2.75, 3.05) is 0 Å². The minimum Gasteiger partial charge on any atom is -0.302 e. The number of nitro benzene ring substituents is 2. The second-order valence-electron chi connectivity index (χ2n) is 2.42. The van der Waals surface area contributed by atoms with E-state index in [1.807, 2.05) is 0 Å². The Labute approximate surface area is 114 Å². The molecule has 0 amide bonds. The summed E-state index contributed by atoms with van der Waals surface area (Å²) in [6.07, 6.45) is 0. The Morgan fingerprint density at radius 3 is 2.12 bits per heavy atom. The average molecular weight is 255 g/mol. The van der Waals surface area contributed by atoms with Gasteiger partial charge in [0, 0.05) is 6.07 Å². The van der Waals surface area contributed by atoms with E-state index in [-0.39, 0.29) is 29.6 Å². The van der Waals surface area contributed by atoms with Crippen LogP contribution >= 0.6 is 0 Å². The maximum absolute atomic E-state index is 10.6. The van der Waals surface area contributed by atoms with Gasteiger partial charge in [0.25, 0.3) is 11.4 Å². The van der Waals surface area contributed by atoms with Crippen LogP contribution in [-0.4, -0.2) is 18.6 Å². The van der Waals surface area contributed by atoms with Crippen molar-refractivity contribution in [1.29, 1.82) is 0 Å². The van der Waals surface area contributed by atoms with E-state index in [0.717, 1.165) is 12.1 Å².